The molecule has 6 unspecified atom stereocenters. The molecule has 4 aliphatic rings. The Balaban J connectivity index is 1.01. The van der Waals surface area contributed by atoms with Gasteiger partial charge in [0.15, 0.2) is 6.61 Å². The van der Waals surface area contributed by atoms with Gasteiger partial charge in [0.25, 0.3) is 5.91 Å². The maximum atomic E-state index is 14.1. The molecule has 3 amide bonds. The molecule has 5 aromatic rings. The molecular weight excluding hydrogens is 700 g/mol. The SMILES string of the molecule is O=C(COc1cccc([C@H]2c3sc(=O)[nH]c3SC3C4CC(C5C(=O)N(c6ccccc6C(F)(F)F)C(=O)C45)C32)c1)Nc1cccc2ccccc12. The van der Waals surface area contributed by atoms with E-state index in [-0.39, 0.29) is 46.3 Å². The van der Waals surface area contributed by atoms with E-state index in [2.05, 4.69) is 10.3 Å². The van der Waals surface area contributed by atoms with E-state index in [0.717, 1.165) is 43.5 Å². The van der Waals surface area contributed by atoms with Gasteiger partial charge in [0.2, 0.25) is 11.8 Å². The standard InChI is InChI=1S/C38H28F3N3O5S2/c39-38(40,41)24-12-3-4-14-26(24)44-35(46)30-22-16-23(31(30)36(44)47)32-29(22)28(33-34(50-32)43-37(48)51-33)19-9-5-10-20(15-19)49-17-27(45)42-25-13-6-8-18-7-1-2-11-21(18)25/h1-15,22-23,28-32H,16-17H2,(H,42,45)(H,43,48)/t22?,23?,28-,29?,30?,31?,32?/m1/s1. The Kier molecular flexibility index (Phi) is 7.44. The first-order valence-corrected chi connectivity index (χ1v) is 18.2. The van der Waals surface area contributed by atoms with Crippen LogP contribution in [0.15, 0.2) is 101 Å². The quantitative estimate of drug-likeness (QED) is 0.178. The second-order valence-electron chi connectivity index (χ2n) is 13.4. The minimum Gasteiger partial charge on any atom is -0.484 e. The van der Waals surface area contributed by atoms with Crippen molar-refractivity contribution in [2.75, 3.05) is 16.8 Å². The summed E-state index contributed by atoms with van der Waals surface area (Å²) in [5.74, 6) is -3.62. The number of amides is 3. The fourth-order valence-corrected chi connectivity index (χ4v) is 11.9. The van der Waals surface area contributed by atoms with Crippen molar-refractivity contribution in [3.05, 3.63) is 117 Å². The number of nitrogens with one attached hydrogen (secondary N) is 2. The highest BCUT2D eigenvalue weighted by Gasteiger charge is 2.70. The number of aromatic nitrogens is 1. The minimum absolute atomic E-state index is 0.149. The fourth-order valence-electron chi connectivity index (χ4n) is 9.00. The molecule has 7 atom stereocenters. The maximum absolute atomic E-state index is 14.1. The number of H-pyrrole nitrogens is 1. The van der Waals surface area contributed by atoms with Crippen molar-refractivity contribution in [1.82, 2.24) is 4.98 Å². The summed E-state index contributed by atoms with van der Waals surface area (Å²) in [6.07, 6.45) is -4.16. The van der Waals surface area contributed by atoms with Gasteiger partial charge < -0.3 is 15.0 Å². The molecule has 2 bridgehead atoms. The number of anilines is 2. The molecule has 258 valence electrons. The molecule has 3 heterocycles. The van der Waals surface area contributed by atoms with Crippen molar-refractivity contribution in [3.8, 4) is 5.75 Å². The number of rotatable bonds is 6. The first kappa shape index (κ1) is 32.1. The molecule has 51 heavy (non-hydrogen) atoms. The third kappa shape index (κ3) is 5.11. The maximum Gasteiger partial charge on any atom is 0.418 e. The van der Waals surface area contributed by atoms with Crippen LogP contribution in [-0.4, -0.2) is 34.6 Å². The number of hydrogen-bond donors (Lipinski definition) is 2. The Morgan fingerprint density at radius 1 is 0.902 bits per heavy atom. The summed E-state index contributed by atoms with van der Waals surface area (Å²) in [6.45, 7) is -0.248. The van der Waals surface area contributed by atoms with Crippen molar-refractivity contribution in [2.24, 2.45) is 29.6 Å². The van der Waals surface area contributed by atoms with Gasteiger partial charge in [0, 0.05) is 27.1 Å². The predicted octanol–water partition coefficient (Wildman–Crippen LogP) is 7.30. The largest absolute Gasteiger partial charge is 0.484 e. The lowest BCUT2D eigenvalue weighted by Gasteiger charge is -2.43. The van der Waals surface area contributed by atoms with Gasteiger partial charge in [-0.25, -0.2) is 4.90 Å². The normalized spacial score (nSPS) is 26.3. The number of nitrogens with zero attached hydrogens (tertiary/aromatic N) is 1. The third-order valence-electron chi connectivity index (χ3n) is 10.8. The first-order chi connectivity index (χ1) is 24.6. The first-order valence-electron chi connectivity index (χ1n) is 16.5. The van der Waals surface area contributed by atoms with E-state index in [1.54, 1.807) is 6.07 Å². The van der Waals surface area contributed by atoms with Crippen molar-refractivity contribution in [2.45, 2.75) is 28.8 Å². The number of benzene rings is 4. The van der Waals surface area contributed by atoms with Crippen molar-refractivity contribution in [1.29, 1.82) is 0 Å². The molecule has 2 aliphatic carbocycles. The van der Waals surface area contributed by atoms with Crippen LogP contribution in [-0.2, 0) is 20.6 Å². The molecule has 1 saturated heterocycles. The number of para-hydroxylation sites is 1. The van der Waals surface area contributed by atoms with Gasteiger partial charge in [-0.15, -0.1) is 11.8 Å². The second kappa shape index (κ2) is 11.8. The number of thiazole rings is 1. The fraction of sp³-hybridized carbons (Fsp3) is 0.263. The Morgan fingerprint density at radius 3 is 2.45 bits per heavy atom. The Bertz CT molecular complexity index is 2320. The van der Waals surface area contributed by atoms with Gasteiger partial charge in [0.1, 0.15) is 5.75 Å². The zero-order valence-electron chi connectivity index (χ0n) is 26.6. The number of ether oxygens (including phenoxy) is 1. The van der Waals surface area contributed by atoms with Crippen LogP contribution in [0.1, 0.15) is 28.3 Å². The molecule has 1 aromatic heterocycles. The summed E-state index contributed by atoms with van der Waals surface area (Å²) in [5, 5.41) is 5.38. The summed E-state index contributed by atoms with van der Waals surface area (Å²) in [6, 6.07) is 25.4. The molecule has 0 radical (unpaired) electrons. The lowest BCUT2D eigenvalue weighted by molar-refractivity contribution is -0.137. The van der Waals surface area contributed by atoms with Gasteiger partial charge in [-0.3, -0.25) is 19.2 Å². The zero-order chi connectivity index (χ0) is 35.2. The lowest BCUT2D eigenvalue weighted by Crippen LogP contribution is -2.42. The lowest BCUT2D eigenvalue weighted by atomic mass is 9.68. The van der Waals surface area contributed by atoms with E-state index < -0.39 is 41.1 Å². The molecule has 13 heteroatoms. The van der Waals surface area contributed by atoms with Crippen molar-refractivity contribution >= 4 is 63.0 Å². The van der Waals surface area contributed by atoms with Crippen LogP contribution in [0, 0.1) is 29.6 Å². The van der Waals surface area contributed by atoms with Crippen LogP contribution in [0.25, 0.3) is 10.8 Å². The van der Waals surface area contributed by atoms with Gasteiger partial charge in [0.05, 0.1) is 28.1 Å². The molecular formula is C38H28F3N3O5S2. The van der Waals surface area contributed by atoms with Crippen LogP contribution >= 0.6 is 23.1 Å². The van der Waals surface area contributed by atoms with Crippen LogP contribution in [0.2, 0.25) is 0 Å². The average Bonchev–Trinajstić information content (AvgIpc) is 3.86. The number of hydrogen-bond acceptors (Lipinski definition) is 7. The summed E-state index contributed by atoms with van der Waals surface area (Å²) < 4.78 is 48.0. The topological polar surface area (TPSA) is 109 Å². The van der Waals surface area contributed by atoms with E-state index in [0.29, 0.717) is 22.9 Å². The molecule has 8 nitrogen and oxygen atoms in total. The Hall–Kier alpha value is -4.88. The molecule has 9 rings (SSSR count). The number of aromatic amines is 1. The molecule has 2 aliphatic heterocycles. The average molecular weight is 728 g/mol. The van der Waals surface area contributed by atoms with E-state index in [9.17, 15) is 32.3 Å². The highest BCUT2D eigenvalue weighted by Crippen LogP contribution is 2.69. The summed E-state index contributed by atoms with van der Waals surface area (Å²) in [4.78, 5) is 58.0. The van der Waals surface area contributed by atoms with Gasteiger partial charge >= 0.3 is 11.0 Å². The Labute approximate surface area is 297 Å². The number of carbonyl (C=O) groups excluding carboxylic acids is 3. The third-order valence-corrected chi connectivity index (χ3v) is 13.4. The number of thioether (sulfide) groups is 1. The smallest absolute Gasteiger partial charge is 0.418 e. The monoisotopic (exact) mass is 727 g/mol. The van der Waals surface area contributed by atoms with Crippen LogP contribution in [0.5, 0.6) is 5.75 Å². The number of carbonyl (C=O) groups is 3. The minimum atomic E-state index is -4.74. The zero-order valence-corrected chi connectivity index (χ0v) is 28.2. The second-order valence-corrected chi connectivity index (χ2v) is 15.6. The molecule has 2 N–H and O–H groups in total. The summed E-state index contributed by atoms with van der Waals surface area (Å²) >= 11 is 2.60. The molecule has 3 fully saturated rings. The summed E-state index contributed by atoms with van der Waals surface area (Å²) in [7, 11) is 0. The number of fused-ring (bicyclic) bond motifs is 10. The van der Waals surface area contributed by atoms with E-state index in [1.807, 2.05) is 60.7 Å². The number of alkyl halides is 3. The number of imide groups is 1. The van der Waals surface area contributed by atoms with Crippen LogP contribution < -0.4 is 19.8 Å². The van der Waals surface area contributed by atoms with Crippen LogP contribution in [0.3, 0.4) is 0 Å². The number of halogens is 3. The molecule has 4 aromatic carbocycles. The van der Waals surface area contributed by atoms with E-state index >= 15 is 0 Å². The molecule has 0 spiro atoms. The van der Waals surface area contributed by atoms with E-state index in [4.69, 9.17) is 4.74 Å². The van der Waals surface area contributed by atoms with Crippen LogP contribution in [0.4, 0.5) is 24.5 Å². The highest BCUT2D eigenvalue weighted by atomic mass is 32.2. The van der Waals surface area contributed by atoms with Crippen molar-refractivity contribution < 1.29 is 32.3 Å². The van der Waals surface area contributed by atoms with Gasteiger partial charge in [-0.05, 0) is 65.5 Å². The van der Waals surface area contributed by atoms with Gasteiger partial charge in [-0.1, -0.05) is 72.0 Å². The van der Waals surface area contributed by atoms with E-state index in [1.165, 1.54) is 30.0 Å². The predicted molar refractivity (Wildman–Crippen MR) is 187 cm³/mol. The summed E-state index contributed by atoms with van der Waals surface area (Å²) in [5.41, 5.74) is 0.0461. The highest BCUT2D eigenvalue weighted by molar-refractivity contribution is 8.00. The van der Waals surface area contributed by atoms with Crippen molar-refractivity contribution in [3.63, 3.8) is 0 Å². The molecule has 2 saturated carbocycles. The van der Waals surface area contributed by atoms with Gasteiger partial charge in [-0.2, -0.15) is 13.2 Å². The Morgan fingerprint density at radius 2 is 1.63 bits per heavy atom.